The van der Waals surface area contributed by atoms with E-state index >= 15 is 0 Å². The van der Waals surface area contributed by atoms with Crippen molar-refractivity contribution >= 4 is 11.9 Å². The van der Waals surface area contributed by atoms with Crippen LogP contribution in [0.1, 0.15) is 37.2 Å². The van der Waals surface area contributed by atoms with Gasteiger partial charge < -0.3 is 10.0 Å². The van der Waals surface area contributed by atoms with Gasteiger partial charge in [0.2, 0.25) is 5.91 Å². The van der Waals surface area contributed by atoms with Crippen molar-refractivity contribution in [2.75, 3.05) is 13.1 Å². The lowest BCUT2D eigenvalue weighted by Crippen LogP contribution is -2.37. The van der Waals surface area contributed by atoms with Crippen molar-refractivity contribution in [1.82, 2.24) is 4.90 Å². The first-order chi connectivity index (χ1) is 12.3. The number of carboxylic acid groups (broad SMARTS) is 1. The first kappa shape index (κ1) is 18.7. The van der Waals surface area contributed by atoms with Crippen LogP contribution >= 0.6 is 0 Å². The summed E-state index contributed by atoms with van der Waals surface area (Å²) in [4.78, 5) is 24.9. The maximum Gasteiger partial charge on any atom is 0.394 e. The number of hydrogen-bond acceptors (Lipinski definition) is 2. The number of halogens is 3. The number of carboxylic acids is 1. The number of amides is 1. The summed E-state index contributed by atoms with van der Waals surface area (Å²) in [7, 11) is 0. The lowest BCUT2D eigenvalue weighted by molar-refractivity contribution is -0.188. The Balaban J connectivity index is 1.61. The summed E-state index contributed by atoms with van der Waals surface area (Å²) in [5, 5.41) is 9.08. The summed E-state index contributed by atoms with van der Waals surface area (Å²) >= 11 is 0. The number of likely N-dealkylation sites (tertiary alicyclic amines) is 1. The molecule has 0 bridgehead atoms. The number of benzene rings is 1. The number of rotatable bonds is 3. The van der Waals surface area contributed by atoms with Crippen LogP contribution in [0.15, 0.2) is 30.3 Å². The molecular formula is C19H22F3NO3. The second-order valence-corrected chi connectivity index (χ2v) is 7.30. The molecule has 1 saturated heterocycles. The van der Waals surface area contributed by atoms with E-state index in [1.165, 1.54) is 5.56 Å². The molecule has 0 unspecified atom stereocenters. The third kappa shape index (κ3) is 3.86. The molecule has 1 aliphatic heterocycles. The molecule has 1 heterocycles. The van der Waals surface area contributed by atoms with Crippen LogP contribution in [-0.2, 0) is 9.59 Å². The number of carbonyl (C=O) groups excluding carboxylic acids is 1. The second kappa shape index (κ2) is 7.29. The Hall–Kier alpha value is -2.05. The molecule has 1 aliphatic carbocycles. The van der Waals surface area contributed by atoms with Gasteiger partial charge in [0.25, 0.3) is 0 Å². The average molecular weight is 369 g/mol. The summed E-state index contributed by atoms with van der Waals surface area (Å²) in [6.07, 6.45) is -1.71. The standard InChI is InChI=1S/C19H22F3NO3/c20-19(21,22)16-11-23(10-15(16)18(25)26)17(24)14-8-6-13(7-9-14)12-4-2-1-3-5-12/h1-5,13-16H,6-11H2,(H,25,26)/t13?,14?,15-,16-/m1/s1. The first-order valence-corrected chi connectivity index (χ1v) is 8.90. The molecule has 1 saturated carbocycles. The largest absolute Gasteiger partial charge is 0.481 e. The maximum absolute atomic E-state index is 13.1. The highest BCUT2D eigenvalue weighted by atomic mass is 19.4. The van der Waals surface area contributed by atoms with Crippen molar-refractivity contribution in [2.24, 2.45) is 17.8 Å². The fourth-order valence-electron chi connectivity index (χ4n) is 4.22. The topological polar surface area (TPSA) is 57.6 Å². The highest BCUT2D eigenvalue weighted by Gasteiger charge is 2.54. The molecule has 3 rings (SSSR count). The Labute approximate surface area is 150 Å². The van der Waals surface area contributed by atoms with Crippen molar-refractivity contribution in [3.05, 3.63) is 35.9 Å². The molecule has 7 heteroatoms. The smallest absolute Gasteiger partial charge is 0.394 e. The third-order valence-electron chi connectivity index (χ3n) is 5.72. The predicted molar refractivity (Wildman–Crippen MR) is 88.4 cm³/mol. The Morgan fingerprint density at radius 2 is 1.62 bits per heavy atom. The number of aliphatic carboxylic acids is 1. The van der Waals surface area contributed by atoms with E-state index in [0.717, 1.165) is 17.7 Å². The van der Waals surface area contributed by atoms with Crippen molar-refractivity contribution in [2.45, 2.75) is 37.8 Å². The summed E-state index contributed by atoms with van der Waals surface area (Å²) in [6, 6.07) is 10.00. The van der Waals surface area contributed by atoms with Crippen LogP contribution in [0.25, 0.3) is 0 Å². The van der Waals surface area contributed by atoms with Gasteiger partial charge in [-0.3, -0.25) is 9.59 Å². The van der Waals surface area contributed by atoms with Gasteiger partial charge in [0.15, 0.2) is 0 Å². The van der Waals surface area contributed by atoms with E-state index in [1.807, 2.05) is 18.2 Å². The van der Waals surface area contributed by atoms with Gasteiger partial charge in [-0.05, 0) is 37.2 Å². The molecule has 0 aromatic heterocycles. The van der Waals surface area contributed by atoms with Gasteiger partial charge in [-0.2, -0.15) is 13.2 Å². The summed E-state index contributed by atoms with van der Waals surface area (Å²) in [5.74, 6) is -5.31. The van der Waals surface area contributed by atoms with Gasteiger partial charge in [0.05, 0.1) is 11.8 Å². The third-order valence-corrected chi connectivity index (χ3v) is 5.72. The van der Waals surface area contributed by atoms with Gasteiger partial charge >= 0.3 is 12.1 Å². The van der Waals surface area contributed by atoms with E-state index in [0.29, 0.717) is 18.8 Å². The van der Waals surface area contributed by atoms with Crippen molar-refractivity contribution in [3.8, 4) is 0 Å². The average Bonchev–Trinajstić information content (AvgIpc) is 3.08. The fraction of sp³-hybridized carbons (Fsp3) is 0.579. The highest BCUT2D eigenvalue weighted by molar-refractivity contribution is 5.81. The van der Waals surface area contributed by atoms with Crippen LogP contribution in [0.3, 0.4) is 0 Å². The van der Waals surface area contributed by atoms with Crippen LogP contribution in [0.2, 0.25) is 0 Å². The van der Waals surface area contributed by atoms with Gasteiger partial charge in [-0.1, -0.05) is 30.3 Å². The zero-order valence-electron chi connectivity index (χ0n) is 14.3. The second-order valence-electron chi connectivity index (χ2n) is 7.30. The molecule has 1 N–H and O–H groups in total. The minimum absolute atomic E-state index is 0.309. The van der Waals surface area contributed by atoms with Crippen molar-refractivity contribution < 1.29 is 27.9 Å². The lowest BCUT2D eigenvalue weighted by Gasteiger charge is -2.30. The molecule has 2 fully saturated rings. The van der Waals surface area contributed by atoms with Crippen LogP contribution in [-0.4, -0.2) is 41.1 Å². The van der Waals surface area contributed by atoms with E-state index in [2.05, 4.69) is 12.1 Å². The van der Waals surface area contributed by atoms with E-state index < -0.39 is 30.5 Å². The van der Waals surface area contributed by atoms with E-state index in [4.69, 9.17) is 5.11 Å². The Kier molecular flexibility index (Phi) is 5.25. The predicted octanol–water partition coefficient (Wildman–Crippen LogP) is 3.68. The van der Waals surface area contributed by atoms with Crippen LogP contribution in [0, 0.1) is 17.8 Å². The van der Waals surface area contributed by atoms with Gasteiger partial charge in [-0.15, -0.1) is 0 Å². The molecule has 0 radical (unpaired) electrons. The molecule has 1 amide bonds. The van der Waals surface area contributed by atoms with Crippen LogP contribution in [0.4, 0.5) is 13.2 Å². The molecule has 2 atom stereocenters. The number of hydrogen-bond donors (Lipinski definition) is 1. The quantitative estimate of drug-likeness (QED) is 0.884. The Bertz CT molecular complexity index is 654. The minimum atomic E-state index is -4.61. The molecule has 1 aromatic rings. The molecule has 142 valence electrons. The van der Waals surface area contributed by atoms with Crippen molar-refractivity contribution in [1.29, 1.82) is 0 Å². The molecule has 4 nitrogen and oxygen atoms in total. The van der Waals surface area contributed by atoms with E-state index in [9.17, 15) is 22.8 Å². The zero-order chi connectivity index (χ0) is 18.9. The van der Waals surface area contributed by atoms with Gasteiger partial charge in [-0.25, -0.2) is 0 Å². The number of nitrogens with zero attached hydrogens (tertiary/aromatic N) is 1. The van der Waals surface area contributed by atoms with E-state index in [1.54, 1.807) is 0 Å². The molecule has 26 heavy (non-hydrogen) atoms. The molecular weight excluding hydrogens is 347 g/mol. The SMILES string of the molecule is O=C(O)[C@@H]1CN(C(=O)C2CCC(c3ccccc3)CC2)C[C@H]1C(F)(F)F. The molecule has 2 aliphatic rings. The molecule has 0 spiro atoms. The highest BCUT2D eigenvalue weighted by Crippen LogP contribution is 2.40. The zero-order valence-corrected chi connectivity index (χ0v) is 14.3. The Morgan fingerprint density at radius 1 is 1.00 bits per heavy atom. The first-order valence-electron chi connectivity index (χ1n) is 8.90. The van der Waals surface area contributed by atoms with Crippen molar-refractivity contribution in [3.63, 3.8) is 0 Å². The Morgan fingerprint density at radius 3 is 2.12 bits per heavy atom. The number of carbonyl (C=O) groups is 2. The minimum Gasteiger partial charge on any atom is -0.481 e. The van der Waals surface area contributed by atoms with Crippen LogP contribution in [0.5, 0.6) is 0 Å². The normalized spacial score (nSPS) is 29.6. The fourth-order valence-corrected chi connectivity index (χ4v) is 4.22. The van der Waals surface area contributed by atoms with Gasteiger partial charge in [0, 0.05) is 19.0 Å². The van der Waals surface area contributed by atoms with Crippen LogP contribution < -0.4 is 0 Å². The monoisotopic (exact) mass is 369 g/mol. The van der Waals surface area contributed by atoms with Gasteiger partial charge in [0.1, 0.15) is 0 Å². The summed E-state index contributed by atoms with van der Waals surface area (Å²) in [6.45, 7) is -0.894. The maximum atomic E-state index is 13.1. The number of alkyl halides is 3. The summed E-state index contributed by atoms with van der Waals surface area (Å²) < 4.78 is 39.3. The van der Waals surface area contributed by atoms with E-state index in [-0.39, 0.29) is 18.4 Å². The lowest BCUT2D eigenvalue weighted by atomic mass is 9.78. The summed E-state index contributed by atoms with van der Waals surface area (Å²) in [5.41, 5.74) is 1.22. The molecule has 1 aromatic carbocycles.